The van der Waals surface area contributed by atoms with E-state index in [-0.39, 0.29) is 23.9 Å². The summed E-state index contributed by atoms with van der Waals surface area (Å²) in [6, 6.07) is 15.5. The lowest BCUT2D eigenvalue weighted by Gasteiger charge is -2.21. The van der Waals surface area contributed by atoms with E-state index in [9.17, 15) is 13.2 Å². The van der Waals surface area contributed by atoms with Crippen LogP contribution in [0.1, 0.15) is 35.2 Å². The highest BCUT2D eigenvalue weighted by Crippen LogP contribution is 2.18. The third-order valence-corrected chi connectivity index (χ3v) is 7.25. The van der Waals surface area contributed by atoms with Crippen molar-refractivity contribution in [3.8, 4) is 0 Å². The number of rotatable bonds is 11. The van der Waals surface area contributed by atoms with Gasteiger partial charge in [-0.25, -0.2) is 8.42 Å². The Bertz CT molecular complexity index is 953. The number of nitrogens with zero attached hydrogens (tertiary/aromatic N) is 2. The highest BCUT2D eigenvalue weighted by molar-refractivity contribution is 7.89. The van der Waals surface area contributed by atoms with Gasteiger partial charge in [0.05, 0.1) is 4.90 Å². The Morgan fingerprint density at radius 2 is 1.74 bits per heavy atom. The molecule has 0 bridgehead atoms. The molecule has 0 aromatic heterocycles. The van der Waals surface area contributed by atoms with Crippen LogP contribution in [0.15, 0.2) is 72.1 Å². The molecule has 1 saturated heterocycles. The predicted molar refractivity (Wildman–Crippen MR) is 123 cm³/mol. The molecule has 1 N–H and O–H groups in total. The molecule has 0 unspecified atom stereocenters. The predicted octanol–water partition coefficient (Wildman–Crippen LogP) is 3.28. The van der Waals surface area contributed by atoms with E-state index in [4.69, 9.17) is 0 Å². The van der Waals surface area contributed by atoms with Crippen LogP contribution in [-0.4, -0.2) is 56.3 Å². The van der Waals surface area contributed by atoms with Crippen molar-refractivity contribution >= 4 is 15.9 Å². The average Bonchev–Trinajstić information content (AvgIpc) is 3.31. The first kappa shape index (κ1) is 23.2. The fraction of sp³-hybridized carbons (Fsp3) is 0.375. The van der Waals surface area contributed by atoms with Crippen molar-refractivity contribution in [1.29, 1.82) is 0 Å². The van der Waals surface area contributed by atoms with E-state index in [0.717, 1.165) is 31.6 Å². The van der Waals surface area contributed by atoms with Crippen molar-refractivity contribution < 1.29 is 13.2 Å². The molecule has 1 amide bonds. The third-order valence-electron chi connectivity index (χ3n) is 5.42. The van der Waals surface area contributed by atoms with Crippen molar-refractivity contribution in [2.45, 2.75) is 30.7 Å². The minimum Gasteiger partial charge on any atom is -0.352 e. The lowest BCUT2D eigenvalue weighted by atomic mass is 10.1. The van der Waals surface area contributed by atoms with Gasteiger partial charge in [0, 0.05) is 25.2 Å². The topological polar surface area (TPSA) is 69.7 Å². The molecule has 31 heavy (non-hydrogen) atoms. The van der Waals surface area contributed by atoms with Crippen LogP contribution in [0.5, 0.6) is 0 Å². The fourth-order valence-electron chi connectivity index (χ4n) is 3.71. The molecule has 0 aliphatic carbocycles. The second-order valence-electron chi connectivity index (χ2n) is 7.75. The summed E-state index contributed by atoms with van der Waals surface area (Å²) in [5, 5.41) is 2.96. The van der Waals surface area contributed by atoms with Gasteiger partial charge in [-0.1, -0.05) is 36.4 Å². The number of nitrogens with one attached hydrogen (secondary N) is 1. The smallest absolute Gasteiger partial charge is 0.251 e. The standard InChI is InChI=1S/C24H31N3O3S/c1-2-16-27(31(29,30)23-9-4-3-5-10-23)20-21-11-13-22(14-12-21)24(28)25-15-8-19-26-17-6-7-18-26/h2-5,9-14H,1,6-8,15-20H2,(H,25,28). The molecule has 0 atom stereocenters. The summed E-state index contributed by atoms with van der Waals surface area (Å²) < 4.78 is 27.3. The number of likely N-dealkylation sites (tertiary alicyclic amines) is 1. The molecule has 0 radical (unpaired) electrons. The molecule has 6 nitrogen and oxygen atoms in total. The van der Waals surface area contributed by atoms with Crippen LogP contribution < -0.4 is 5.32 Å². The van der Waals surface area contributed by atoms with Gasteiger partial charge < -0.3 is 10.2 Å². The van der Waals surface area contributed by atoms with Crippen molar-refractivity contribution in [3.63, 3.8) is 0 Å². The number of hydrogen-bond acceptors (Lipinski definition) is 4. The first-order chi connectivity index (χ1) is 15.0. The van der Waals surface area contributed by atoms with E-state index in [1.807, 2.05) is 0 Å². The minimum absolute atomic E-state index is 0.104. The van der Waals surface area contributed by atoms with Crippen LogP contribution in [0.2, 0.25) is 0 Å². The monoisotopic (exact) mass is 441 g/mol. The Morgan fingerprint density at radius 3 is 2.39 bits per heavy atom. The number of benzene rings is 2. The molecule has 1 aliphatic rings. The Balaban J connectivity index is 1.56. The molecular formula is C24H31N3O3S. The van der Waals surface area contributed by atoms with E-state index >= 15 is 0 Å². The van der Waals surface area contributed by atoms with Gasteiger partial charge in [-0.05, 0) is 68.7 Å². The zero-order valence-electron chi connectivity index (χ0n) is 17.9. The summed E-state index contributed by atoms with van der Waals surface area (Å²) in [4.78, 5) is 15.1. The second kappa shape index (κ2) is 11.2. The number of hydrogen-bond donors (Lipinski definition) is 1. The van der Waals surface area contributed by atoms with Gasteiger partial charge in [0.15, 0.2) is 0 Å². The molecule has 7 heteroatoms. The van der Waals surface area contributed by atoms with E-state index in [1.54, 1.807) is 60.7 Å². The normalized spacial score (nSPS) is 14.6. The van der Waals surface area contributed by atoms with E-state index in [2.05, 4.69) is 16.8 Å². The van der Waals surface area contributed by atoms with E-state index in [1.165, 1.54) is 17.1 Å². The van der Waals surface area contributed by atoms with Gasteiger partial charge >= 0.3 is 0 Å². The Morgan fingerprint density at radius 1 is 1.06 bits per heavy atom. The molecule has 3 rings (SSSR count). The summed E-state index contributed by atoms with van der Waals surface area (Å²) >= 11 is 0. The molecule has 1 heterocycles. The van der Waals surface area contributed by atoms with Crippen LogP contribution in [0.25, 0.3) is 0 Å². The maximum atomic E-state index is 13.0. The molecule has 166 valence electrons. The molecule has 1 fully saturated rings. The molecular weight excluding hydrogens is 410 g/mol. The molecule has 0 saturated carbocycles. The number of sulfonamides is 1. The Kier molecular flexibility index (Phi) is 8.40. The zero-order valence-corrected chi connectivity index (χ0v) is 18.7. The summed E-state index contributed by atoms with van der Waals surface area (Å²) in [5.74, 6) is -0.104. The fourth-order valence-corrected chi connectivity index (χ4v) is 5.13. The molecule has 0 spiro atoms. The van der Waals surface area contributed by atoms with Crippen molar-refractivity contribution in [1.82, 2.24) is 14.5 Å². The maximum absolute atomic E-state index is 13.0. The van der Waals surface area contributed by atoms with Crippen LogP contribution in [-0.2, 0) is 16.6 Å². The minimum atomic E-state index is -3.63. The van der Waals surface area contributed by atoms with Crippen molar-refractivity contribution in [2.75, 3.05) is 32.7 Å². The van der Waals surface area contributed by atoms with Gasteiger partial charge in [0.1, 0.15) is 0 Å². The van der Waals surface area contributed by atoms with Crippen LogP contribution in [0.4, 0.5) is 0 Å². The summed E-state index contributed by atoms with van der Waals surface area (Å²) in [6.07, 6.45) is 5.06. The lowest BCUT2D eigenvalue weighted by molar-refractivity contribution is 0.0952. The SMILES string of the molecule is C=CCN(Cc1ccc(C(=O)NCCCN2CCCC2)cc1)S(=O)(=O)c1ccccc1. The summed E-state index contributed by atoms with van der Waals surface area (Å²) in [6.45, 7) is 8.10. The average molecular weight is 442 g/mol. The maximum Gasteiger partial charge on any atom is 0.251 e. The van der Waals surface area contributed by atoms with E-state index < -0.39 is 10.0 Å². The largest absolute Gasteiger partial charge is 0.352 e. The number of carbonyl (C=O) groups is 1. The highest BCUT2D eigenvalue weighted by Gasteiger charge is 2.23. The van der Waals surface area contributed by atoms with Gasteiger partial charge in [-0.15, -0.1) is 6.58 Å². The second-order valence-corrected chi connectivity index (χ2v) is 9.69. The zero-order chi connectivity index (χ0) is 22.1. The van der Waals surface area contributed by atoms with Gasteiger partial charge in [0.2, 0.25) is 10.0 Å². The van der Waals surface area contributed by atoms with Crippen molar-refractivity contribution in [2.24, 2.45) is 0 Å². The number of amides is 1. The van der Waals surface area contributed by atoms with Crippen LogP contribution >= 0.6 is 0 Å². The third kappa shape index (κ3) is 6.50. The molecule has 1 aliphatic heterocycles. The van der Waals surface area contributed by atoms with Crippen LogP contribution in [0, 0.1) is 0 Å². The lowest BCUT2D eigenvalue weighted by Crippen LogP contribution is -2.31. The van der Waals surface area contributed by atoms with Gasteiger partial charge in [0.25, 0.3) is 5.91 Å². The number of carbonyl (C=O) groups excluding carboxylic acids is 1. The highest BCUT2D eigenvalue weighted by atomic mass is 32.2. The van der Waals surface area contributed by atoms with Gasteiger partial charge in [-0.2, -0.15) is 4.31 Å². The quantitative estimate of drug-likeness (QED) is 0.429. The van der Waals surface area contributed by atoms with E-state index in [0.29, 0.717) is 12.1 Å². The van der Waals surface area contributed by atoms with Crippen LogP contribution in [0.3, 0.4) is 0 Å². The first-order valence-electron chi connectivity index (χ1n) is 10.8. The summed E-state index contributed by atoms with van der Waals surface area (Å²) in [7, 11) is -3.63. The summed E-state index contributed by atoms with van der Waals surface area (Å²) in [5.41, 5.74) is 1.39. The van der Waals surface area contributed by atoms with Crippen molar-refractivity contribution in [3.05, 3.63) is 78.4 Å². The van der Waals surface area contributed by atoms with Gasteiger partial charge in [-0.3, -0.25) is 4.79 Å². The molecule has 2 aromatic carbocycles. The first-order valence-corrected chi connectivity index (χ1v) is 12.2. The Labute approximate surface area is 185 Å². The molecule has 2 aromatic rings. The Hall–Kier alpha value is -2.48.